The number of nitrogens with two attached hydrogens (primary N) is 2. The number of phenolic OH excluding ortho intramolecular Hbond substituents is 1. The highest BCUT2D eigenvalue weighted by atomic mass is 35.5. The van der Waals surface area contributed by atoms with E-state index < -0.39 is 23.7 Å². The minimum atomic E-state index is -0.983. The Balaban J connectivity index is 2.11. The van der Waals surface area contributed by atoms with Gasteiger partial charge < -0.3 is 31.4 Å². The lowest BCUT2D eigenvalue weighted by Crippen LogP contribution is -2.43. The van der Waals surface area contributed by atoms with Gasteiger partial charge in [-0.1, -0.05) is 53.5 Å². The number of nitrogens with one attached hydrogen (secondary N) is 1. The number of rotatable bonds is 11. The molecule has 0 aliphatic heterocycles. The Kier molecular flexibility index (Phi) is 10.1. The number of aliphatic imine (C=N–C) groups is 1. The molecule has 2 aromatic carbocycles. The molecule has 0 fully saturated rings. The van der Waals surface area contributed by atoms with Gasteiger partial charge in [-0.3, -0.25) is 9.79 Å². The second-order valence-corrected chi connectivity index (χ2v) is 7.78. The monoisotopic (exact) mass is 496 g/mol. The number of hydrogen-bond acceptors (Lipinski definition) is 6. The fourth-order valence-electron chi connectivity index (χ4n) is 2.91. The highest BCUT2D eigenvalue weighted by molar-refractivity contribution is 6.39. The summed E-state index contributed by atoms with van der Waals surface area (Å²) in [7, 11) is 1.22. The first kappa shape index (κ1) is 26.1. The summed E-state index contributed by atoms with van der Waals surface area (Å²) in [5, 5.41) is 12.9. The molecule has 33 heavy (non-hydrogen) atoms. The number of carbonyl (C=O) groups is 2. The number of methoxy groups -OCH3 is 1. The van der Waals surface area contributed by atoms with Crippen molar-refractivity contribution >= 4 is 41.0 Å². The van der Waals surface area contributed by atoms with E-state index in [9.17, 15) is 14.7 Å². The number of phenols is 1. The summed E-state index contributed by atoms with van der Waals surface area (Å²) in [4.78, 5) is 28.9. The van der Waals surface area contributed by atoms with Crippen molar-refractivity contribution in [3.63, 3.8) is 0 Å². The third kappa shape index (κ3) is 7.73. The SMILES string of the molecule is COC(=O)C(Cc1ccccc1)NC(=O)c1cc(Cl)c(OCCCCN=C(N)N)c(Cl)c1O. The molecule has 1 unspecified atom stereocenters. The molecule has 1 amide bonds. The molecule has 0 radical (unpaired) electrons. The standard InChI is InChI=1S/C22H26Cl2N4O5/c1-32-21(31)16(11-13-7-3-2-4-8-13)28-20(30)14-12-15(23)19(17(24)18(14)29)33-10-6-5-9-27-22(25)26/h2-4,7-8,12,16,29H,5-6,9-11H2,1H3,(H,28,30)(H4,25,26,27). The van der Waals surface area contributed by atoms with Crippen molar-refractivity contribution in [2.45, 2.75) is 25.3 Å². The number of aromatic hydroxyl groups is 1. The van der Waals surface area contributed by atoms with Gasteiger partial charge in [-0.25, -0.2) is 4.79 Å². The van der Waals surface area contributed by atoms with Gasteiger partial charge in [0, 0.05) is 13.0 Å². The lowest BCUT2D eigenvalue weighted by molar-refractivity contribution is -0.142. The van der Waals surface area contributed by atoms with Crippen LogP contribution in [0.25, 0.3) is 0 Å². The van der Waals surface area contributed by atoms with Crippen LogP contribution in [0.4, 0.5) is 0 Å². The van der Waals surface area contributed by atoms with Gasteiger partial charge >= 0.3 is 5.97 Å². The number of benzene rings is 2. The Morgan fingerprint density at radius 1 is 1.18 bits per heavy atom. The molecule has 6 N–H and O–H groups in total. The van der Waals surface area contributed by atoms with Crippen LogP contribution in [0.2, 0.25) is 10.0 Å². The van der Waals surface area contributed by atoms with E-state index in [0.717, 1.165) is 5.56 Å². The predicted octanol–water partition coefficient (Wildman–Crippen LogP) is 2.65. The second kappa shape index (κ2) is 12.8. The number of carbonyl (C=O) groups excluding carboxylic acids is 2. The highest BCUT2D eigenvalue weighted by Crippen LogP contribution is 2.42. The number of unbranched alkanes of at least 4 members (excludes halogenated alkanes) is 1. The minimum absolute atomic E-state index is 0.0130. The maximum atomic E-state index is 12.8. The third-order valence-electron chi connectivity index (χ3n) is 4.56. The Labute approximate surface area is 201 Å². The van der Waals surface area contributed by atoms with E-state index in [1.807, 2.05) is 30.3 Å². The van der Waals surface area contributed by atoms with Crippen LogP contribution in [-0.4, -0.2) is 49.2 Å². The number of hydrogen-bond donors (Lipinski definition) is 4. The zero-order valence-corrected chi connectivity index (χ0v) is 19.5. The number of halogens is 2. The van der Waals surface area contributed by atoms with Crippen LogP contribution in [0.15, 0.2) is 41.4 Å². The lowest BCUT2D eigenvalue weighted by atomic mass is 10.1. The molecular formula is C22H26Cl2N4O5. The van der Waals surface area contributed by atoms with E-state index in [2.05, 4.69) is 10.3 Å². The molecule has 2 aromatic rings. The van der Waals surface area contributed by atoms with Crippen molar-refractivity contribution in [1.82, 2.24) is 5.32 Å². The van der Waals surface area contributed by atoms with Gasteiger partial charge in [-0.15, -0.1) is 0 Å². The lowest BCUT2D eigenvalue weighted by Gasteiger charge is -2.18. The molecule has 178 valence electrons. The molecule has 11 heteroatoms. The maximum Gasteiger partial charge on any atom is 0.328 e. The van der Waals surface area contributed by atoms with Crippen LogP contribution in [-0.2, 0) is 16.0 Å². The Morgan fingerprint density at radius 2 is 1.88 bits per heavy atom. The van der Waals surface area contributed by atoms with Crippen molar-refractivity contribution in [3.05, 3.63) is 57.6 Å². The molecule has 2 rings (SSSR count). The smallest absolute Gasteiger partial charge is 0.328 e. The minimum Gasteiger partial charge on any atom is -0.505 e. The molecule has 0 spiro atoms. The zero-order chi connectivity index (χ0) is 24.4. The van der Waals surface area contributed by atoms with Crippen molar-refractivity contribution in [1.29, 1.82) is 0 Å². The fraction of sp³-hybridized carbons (Fsp3) is 0.318. The summed E-state index contributed by atoms with van der Waals surface area (Å²) in [6.45, 7) is 0.688. The average molecular weight is 497 g/mol. The Hall–Kier alpha value is -3.17. The zero-order valence-electron chi connectivity index (χ0n) is 18.0. The van der Waals surface area contributed by atoms with E-state index in [1.54, 1.807) is 0 Å². The summed E-state index contributed by atoms with van der Waals surface area (Å²) in [5.41, 5.74) is 11.1. The quantitative estimate of drug-likeness (QED) is 0.161. The fourth-order valence-corrected chi connectivity index (χ4v) is 3.48. The largest absolute Gasteiger partial charge is 0.505 e. The molecular weight excluding hydrogens is 471 g/mol. The third-order valence-corrected chi connectivity index (χ3v) is 5.19. The van der Waals surface area contributed by atoms with E-state index in [4.69, 9.17) is 44.1 Å². The molecule has 9 nitrogen and oxygen atoms in total. The number of esters is 1. The van der Waals surface area contributed by atoms with Crippen LogP contribution in [0.3, 0.4) is 0 Å². The van der Waals surface area contributed by atoms with Crippen LogP contribution >= 0.6 is 23.2 Å². The molecule has 0 bridgehead atoms. The summed E-state index contributed by atoms with van der Waals surface area (Å²) >= 11 is 12.4. The van der Waals surface area contributed by atoms with Crippen LogP contribution in [0.1, 0.15) is 28.8 Å². The Morgan fingerprint density at radius 3 is 2.52 bits per heavy atom. The number of amides is 1. The predicted molar refractivity (Wildman–Crippen MR) is 127 cm³/mol. The summed E-state index contributed by atoms with van der Waals surface area (Å²) in [6.07, 6.45) is 1.46. The van der Waals surface area contributed by atoms with Gasteiger partial charge in [0.15, 0.2) is 17.5 Å². The molecule has 0 saturated heterocycles. The van der Waals surface area contributed by atoms with E-state index in [1.165, 1.54) is 13.2 Å². The van der Waals surface area contributed by atoms with Gasteiger partial charge in [-0.2, -0.15) is 0 Å². The number of ether oxygens (including phenoxy) is 2. The van der Waals surface area contributed by atoms with Gasteiger partial charge in [-0.05, 0) is 24.5 Å². The van der Waals surface area contributed by atoms with Crippen molar-refractivity contribution in [3.8, 4) is 11.5 Å². The van der Waals surface area contributed by atoms with Crippen LogP contribution in [0.5, 0.6) is 11.5 Å². The normalized spacial score (nSPS) is 11.4. The van der Waals surface area contributed by atoms with Gasteiger partial charge in [0.1, 0.15) is 11.1 Å². The molecule has 1 atom stereocenters. The first-order chi connectivity index (χ1) is 15.7. The van der Waals surface area contributed by atoms with E-state index >= 15 is 0 Å². The first-order valence-corrected chi connectivity index (χ1v) is 10.8. The molecule has 0 aliphatic rings. The maximum absolute atomic E-state index is 12.8. The van der Waals surface area contributed by atoms with Gasteiger partial charge in [0.25, 0.3) is 5.91 Å². The molecule has 0 aliphatic carbocycles. The summed E-state index contributed by atoms with van der Waals surface area (Å²) < 4.78 is 10.4. The van der Waals surface area contributed by atoms with Crippen molar-refractivity contribution in [2.24, 2.45) is 16.5 Å². The summed E-state index contributed by atoms with van der Waals surface area (Å²) in [5.74, 6) is -1.84. The highest BCUT2D eigenvalue weighted by Gasteiger charge is 2.26. The van der Waals surface area contributed by atoms with Crippen LogP contribution in [0, 0.1) is 0 Å². The van der Waals surface area contributed by atoms with E-state index in [0.29, 0.717) is 19.4 Å². The first-order valence-electron chi connectivity index (χ1n) is 10.1. The van der Waals surface area contributed by atoms with Crippen LogP contribution < -0.4 is 21.5 Å². The Bertz CT molecular complexity index is 998. The van der Waals surface area contributed by atoms with Crippen molar-refractivity contribution in [2.75, 3.05) is 20.3 Å². The second-order valence-electron chi connectivity index (χ2n) is 7.00. The average Bonchev–Trinajstić information content (AvgIpc) is 2.79. The molecule has 0 heterocycles. The van der Waals surface area contributed by atoms with Gasteiger partial charge in [0.2, 0.25) is 0 Å². The number of guanidine groups is 1. The summed E-state index contributed by atoms with van der Waals surface area (Å²) in [6, 6.07) is 9.35. The topological polar surface area (TPSA) is 149 Å². The van der Waals surface area contributed by atoms with E-state index in [-0.39, 0.29) is 40.3 Å². The number of nitrogens with zero attached hydrogens (tertiary/aromatic N) is 1. The van der Waals surface area contributed by atoms with Gasteiger partial charge in [0.05, 0.1) is 24.3 Å². The van der Waals surface area contributed by atoms with Crippen molar-refractivity contribution < 1.29 is 24.2 Å². The molecule has 0 aromatic heterocycles. The molecule has 0 saturated carbocycles.